The van der Waals surface area contributed by atoms with Gasteiger partial charge in [-0.3, -0.25) is 14.1 Å². The summed E-state index contributed by atoms with van der Waals surface area (Å²) < 4.78 is 14.2. The summed E-state index contributed by atoms with van der Waals surface area (Å²) in [6, 6.07) is 14.3. The lowest BCUT2D eigenvalue weighted by molar-refractivity contribution is -0.134. The molecule has 190 valence electrons. The lowest BCUT2D eigenvalue weighted by Gasteiger charge is -2.36. The average molecular weight is 507 g/mol. The highest BCUT2D eigenvalue weighted by atomic mass is 32.1. The van der Waals surface area contributed by atoms with Crippen LogP contribution in [-0.4, -0.2) is 65.5 Å². The summed E-state index contributed by atoms with van der Waals surface area (Å²) in [7, 11) is 3.37. The zero-order valence-corrected chi connectivity index (χ0v) is 22.5. The first kappa shape index (κ1) is 24.6. The van der Waals surface area contributed by atoms with E-state index in [2.05, 4.69) is 54.3 Å². The van der Waals surface area contributed by atoms with E-state index < -0.39 is 0 Å². The van der Waals surface area contributed by atoms with Crippen LogP contribution in [0.4, 0.5) is 0 Å². The Morgan fingerprint density at radius 2 is 1.64 bits per heavy atom. The van der Waals surface area contributed by atoms with E-state index in [0.29, 0.717) is 6.42 Å². The molecule has 1 saturated heterocycles. The molecule has 36 heavy (non-hydrogen) atoms. The molecule has 2 aromatic heterocycles. The molecule has 1 aliphatic rings. The van der Waals surface area contributed by atoms with Gasteiger partial charge in [-0.1, -0.05) is 32.1 Å². The number of carbonyl (C=O) groups excluding carboxylic acids is 1. The second-order valence-electron chi connectivity index (χ2n) is 10.6. The van der Waals surface area contributed by atoms with Gasteiger partial charge >= 0.3 is 0 Å². The van der Waals surface area contributed by atoms with Gasteiger partial charge in [0.2, 0.25) is 5.91 Å². The van der Waals surface area contributed by atoms with Gasteiger partial charge in [0.15, 0.2) is 4.96 Å². The minimum Gasteiger partial charge on any atom is -0.497 e. The highest BCUT2D eigenvalue weighted by molar-refractivity contribution is 7.23. The number of nitrogens with zero attached hydrogens (tertiary/aromatic N) is 4. The highest BCUT2D eigenvalue weighted by Gasteiger charge is 2.27. The predicted octanol–water partition coefficient (Wildman–Crippen LogP) is 5.31. The second-order valence-corrected chi connectivity index (χ2v) is 11.6. The van der Waals surface area contributed by atoms with Crippen LogP contribution in [0, 0.1) is 5.41 Å². The molecule has 0 bridgehead atoms. The Labute approximate surface area is 216 Å². The Bertz CT molecular complexity index is 1380. The van der Waals surface area contributed by atoms with Gasteiger partial charge in [0, 0.05) is 44.7 Å². The number of methoxy groups -OCH3 is 2. The third-order valence-corrected chi connectivity index (χ3v) is 7.70. The van der Waals surface area contributed by atoms with Gasteiger partial charge in [-0.25, -0.2) is 4.98 Å². The number of carbonyl (C=O) groups is 1. The number of hydrogen-bond acceptors (Lipinski definition) is 6. The smallest absolute Gasteiger partial charge is 0.223 e. The molecular formula is C28H34N4O3S. The van der Waals surface area contributed by atoms with Crippen molar-refractivity contribution in [2.45, 2.75) is 33.7 Å². The molecule has 1 aliphatic heterocycles. The van der Waals surface area contributed by atoms with Crippen LogP contribution in [0.5, 0.6) is 11.5 Å². The molecule has 0 atom stereocenters. The summed E-state index contributed by atoms with van der Waals surface area (Å²) in [4.78, 5) is 23.3. The van der Waals surface area contributed by atoms with Crippen molar-refractivity contribution in [3.05, 3.63) is 48.2 Å². The van der Waals surface area contributed by atoms with Crippen LogP contribution in [0.2, 0.25) is 0 Å². The predicted molar refractivity (Wildman–Crippen MR) is 145 cm³/mol. The third-order valence-electron chi connectivity index (χ3n) is 6.69. The topological polar surface area (TPSA) is 59.3 Å². The van der Waals surface area contributed by atoms with Crippen LogP contribution in [0.1, 0.15) is 32.9 Å². The monoisotopic (exact) mass is 506 g/mol. The van der Waals surface area contributed by atoms with E-state index in [1.54, 1.807) is 25.6 Å². The number of imidazole rings is 1. The number of hydrogen-bond donors (Lipinski definition) is 0. The van der Waals surface area contributed by atoms with E-state index in [1.165, 1.54) is 5.69 Å². The van der Waals surface area contributed by atoms with Crippen molar-refractivity contribution in [1.29, 1.82) is 0 Å². The summed E-state index contributed by atoms with van der Waals surface area (Å²) in [6.45, 7) is 10.3. The number of amides is 1. The first-order chi connectivity index (χ1) is 17.3. The molecule has 0 unspecified atom stereocenters. The minimum absolute atomic E-state index is 0.00732. The van der Waals surface area contributed by atoms with E-state index in [9.17, 15) is 4.79 Å². The number of fused-ring (bicyclic) bond motifs is 3. The maximum Gasteiger partial charge on any atom is 0.223 e. The molecule has 0 aliphatic carbocycles. The summed E-state index contributed by atoms with van der Waals surface area (Å²) in [5, 5.41) is 0. The molecule has 0 N–H and O–H groups in total. The molecule has 2 aromatic carbocycles. The lowest BCUT2D eigenvalue weighted by atomic mass is 9.91. The highest BCUT2D eigenvalue weighted by Crippen LogP contribution is 2.36. The van der Waals surface area contributed by atoms with Gasteiger partial charge in [0.25, 0.3) is 0 Å². The Kier molecular flexibility index (Phi) is 6.66. The van der Waals surface area contributed by atoms with E-state index in [0.717, 1.165) is 70.7 Å². The van der Waals surface area contributed by atoms with Gasteiger partial charge < -0.3 is 14.4 Å². The fourth-order valence-electron chi connectivity index (χ4n) is 4.79. The Morgan fingerprint density at radius 3 is 2.28 bits per heavy atom. The zero-order valence-electron chi connectivity index (χ0n) is 21.7. The normalized spacial score (nSPS) is 15.1. The summed E-state index contributed by atoms with van der Waals surface area (Å²) in [6.07, 6.45) is 0.586. The van der Waals surface area contributed by atoms with Gasteiger partial charge in [0.1, 0.15) is 11.5 Å². The Morgan fingerprint density at radius 1 is 0.972 bits per heavy atom. The second kappa shape index (κ2) is 9.75. The number of piperazine rings is 1. The van der Waals surface area contributed by atoms with E-state index in [1.807, 2.05) is 23.1 Å². The molecule has 5 rings (SSSR count). The first-order valence-corrected chi connectivity index (χ1v) is 13.2. The van der Waals surface area contributed by atoms with Crippen molar-refractivity contribution >= 4 is 32.4 Å². The maximum absolute atomic E-state index is 12.7. The Hall–Kier alpha value is -3.10. The molecule has 8 heteroatoms. The van der Waals surface area contributed by atoms with Gasteiger partial charge in [0.05, 0.1) is 35.8 Å². The lowest BCUT2D eigenvalue weighted by Crippen LogP contribution is -2.49. The van der Waals surface area contributed by atoms with E-state index in [4.69, 9.17) is 14.5 Å². The van der Waals surface area contributed by atoms with Crippen LogP contribution >= 0.6 is 11.3 Å². The minimum atomic E-state index is 0.00732. The quantitative estimate of drug-likeness (QED) is 0.355. The zero-order chi connectivity index (χ0) is 25.4. The standard InChI is InChI=1S/C28H34N4O3S/c1-28(2,3)17-25(33)31-14-12-30(13-15-31)18-23-26(19-6-8-20(34-4)9-7-19)29-27-32(23)22-11-10-21(35-5)16-24(22)36-27/h6-11,16H,12-15,17-18H2,1-5H3. The molecule has 4 aromatic rings. The average Bonchev–Trinajstić information content (AvgIpc) is 3.39. The summed E-state index contributed by atoms with van der Waals surface area (Å²) in [5.74, 6) is 1.93. The Balaban J connectivity index is 1.46. The number of benzene rings is 2. The van der Waals surface area contributed by atoms with Gasteiger partial charge in [-0.05, 0) is 47.9 Å². The van der Waals surface area contributed by atoms with Crippen LogP contribution in [0.25, 0.3) is 26.4 Å². The fourth-order valence-corrected chi connectivity index (χ4v) is 5.87. The first-order valence-electron chi connectivity index (χ1n) is 12.4. The SMILES string of the molecule is COc1ccc(-c2nc3sc4cc(OC)ccc4n3c2CN2CCN(C(=O)CC(C)(C)C)CC2)cc1. The molecule has 3 heterocycles. The van der Waals surface area contributed by atoms with Crippen LogP contribution in [0.3, 0.4) is 0 Å². The van der Waals surface area contributed by atoms with Crippen LogP contribution < -0.4 is 9.47 Å². The van der Waals surface area contributed by atoms with Crippen molar-refractivity contribution in [2.24, 2.45) is 5.41 Å². The molecule has 0 saturated carbocycles. The summed E-state index contributed by atoms with van der Waals surface area (Å²) >= 11 is 1.68. The van der Waals surface area contributed by atoms with Crippen molar-refractivity contribution in [2.75, 3.05) is 40.4 Å². The van der Waals surface area contributed by atoms with Crippen molar-refractivity contribution < 1.29 is 14.3 Å². The number of rotatable bonds is 6. The van der Waals surface area contributed by atoms with Crippen LogP contribution in [0.15, 0.2) is 42.5 Å². The third kappa shape index (κ3) is 4.92. The largest absolute Gasteiger partial charge is 0.497 e. The molecule has 0 spiro atoms. The van der Waals surface area contributed by atoms with Crippen molar-refractivity contribution in [3.8, 4) is 22.8 Å². The number of aromatic nitrogens is 2. The van der Waals surface area contributed by atoms with Crippen molar-refractivity contribution in [3.63, 3.8) is 0 Å². The van der Waals surface area contributed by atoms with Crippen molar-refractivity contribution in [1.82, 2.24) is 19.2 Å². The van der Waals surface area contributed by atoms with E-state index in [-0.39, 0.29) is 11.3 Å². The molecule has 1 amide bonds. The molecule has 0 radical (unpaired) electrons. The number of ether oxygens (including phenoxy) is 2. The van der Waals surface area contributed by atoms with Gasteiger partial charge in [-0.15, -0.1) is 0 Å². The van der Waals surface area contributed by atoms with Gasteiger partial charge in [-0.2, -0.15) is 0 Å². The fraction of sp³-hybridized carbons (Fsp3) is 0.429. The molecular weight excluding hydrogens is 472 g/mol. The molecule has 7 nitrogen and oxygen atoms in total. The summed E-state index contributed by atoms with van der Waals surface area (Å²) in [5.41, 5.74) is 4.38. The van der Waals surface area contributed by atoms with E-state index >= 15 is 0 Å². The van der Waals surface area contributed by atoms with Crippen LogP contribution in [-0.2, 0) is 11.3 Å². The molecule has 1 fully saturated rings. The number of thiazole rings is 1. The maximum atomic E-state index is 12.7.